The van der Waals surface area contributed by atoms with Gasteiger partial charge in [0.05, 0.1) is 29.4 Å². The van der Waals surface area contributed by atoms with Crippen LogP contribution in [-0.2, 0) is 0 Å². The summed E-state index contributed by atoms with van der Waals surface area (Å²) in [4.78, 5) is 30.1. The summed E-state index contributed by atoms with van der Waals surface area (Å²) < 4.78 is 10.6. The Labute approximate surface area is 179 Å². The van der Waals surface area contributed by atoms with Crippen molar-refractivity contribution in [2.75, 3.05) is 7.11 Å². The van der Waals surface area contributed by atoms with Crippen LogP contribution in [-0.4, -0.2) is 23.9 Å². The van der Waals surface area contributed by atoms with E-state index in [2.05, 4.69) is 15.8 Å². The van der Waals surface area contributed by atoms with E-state index in [1.807, 2.05) is 48.5 Å². The van der Waals surface area contributed by atoms with Gasteiger partial charge in [-0.05, 0) is 56.3 Å². The minimum absolute atomic E-state index is 0.372. The Hall–Kier alpha value is -4.13. The molecule has 0 saturated carbocycles. The molecular formula is C24H21N3O4. The van der Waals surface area contributed by atoms with Gasteiger partial charge in [-0.25, -0.2) is 4.98 Å². The van der Waals surface area contributed by atoms with E-state index in [0.29, 0.717) is 39.2 Å². The number of fused-ring (bicyclic) bond motifs is 1. The van der Waals surface area contributed by atoms with Crippen LogP contribution in [0.3, 0.4) is 0 Å². The van der Waals surface area contributed by atoms with E-state index in [0.717, 1.165) is 11.3 Å². The van der Waals surface area contributed by atoms with E-state index in [-0.39, 0.29) is 0 Å². The Balaban J connectivity index is 1.64. The Morgan fingerprint density at radius 1 is 0.903 bits per heavy atom. The Morgan fingerprint density at radius 3 is 2.23 bits per heavy atom. The highest BCUT2D eigenvalue weighted by molar-refractivity contribution is 6.08. The van der Waals surface area contributed by atoms with Crippen LogP contribution >= 0.6 is 0 Å². The average molecular weight is 415 g/mol. The maximum Gasteiger partial charge on any atom is 0.273 e. The number of para-hydroxylation sites is 1. The molecule has 0 spiro atoms. The molecule has 2 aromatic carbocycles. The largest absolute Gasteiger partial charge is 0.497 e. The number of carbonyl (C=O) groups excluding carboxylic acids is 2. The van der Waals surface area contributed by atoms with Crippen molar-refractivity contribution in [3.8, 4) is 17.0 Å². The van der Waals surface area contributed by atoms with Gasteiger partial charge in [0.2, 0.25) is 0 Å². The molecule has 0 aliphatic heterocycles. The number of aryl methyl sites for hydroxylation is 2. The third-order valence-electron chi connectivity index (χ3n) is 4.92. The van der Waals surface area contributed by atoms with Gasteiger partial charge in [0.25, 0.3) is 11.8 Å². The van der Waals surface area contributed by atoms with Crippen molar-refractivity contribution in [1.29, 1.82) is 0 Å². The van der Waals surface area contributed by atoms with Gasteiger partial charge in [-0.3, -0.25) is 20.4 Å². The number of rotatable bonds is 4. The molecule has 0 saturated heterocycles. The van der Waals surface area contributed by atoms with Crippen LogP contribution < -0.4 is 15.6 Å². The molecule has 2 heterocycles. The van der Waals surface area contributed by atoms with Gasteiger partial charge in [0, 0.05) is 10.9 Å². The summed E-state index contributed by atoms with van der Waals surface area (Å²) in [6.45, 7) is 3.45. The van der Waals surface area contributed by atoms with Crippen LogP contribution in [0.2, 0.25) is 0 Å². The summed E-state index contributed by atoms with van der Waals surface area (Å²) >= 11 is 0. The van der Waals surface area contributed by atoms with Crippen LogP contribution in [0.5, 0.6) is 5.75 Å². The zero-order chi connectivity index (χ0) is 22.0. The molecule has 2 N–H and O–H groups in total. The van der Waals surface area contributed by atoms with Crippen molar-refractivity contribution in [2.24, 2.45) is 0 Å². The lowest BCUT2D eigenvalue weighted by atomic mass is 10.0. The van der Waals surface area contributed by atoms with Gasteiger partial charge in [-0.1, -0.05) is 18.2 Å². The number of ether oxygens (including phenoxy) is 1. The molecule has 0 radical (unpaired) electrons. The highest BCUT2D eigenvalue weighted by Crippen LogP contribution is 2.26. The standard InChI is InChI=1S/C24H21N3O4/c1-14-12-19(15(2)31-14)23(28)26-27-24(29)20-13-22(16-8-10-17(30-3)11-9-16)25-21-7-5-4-6-18(20)21/h4-13H,1-3H3,(H,26,28)(H,27,29). The number of carbonyl (C=O) groups is 2. The second kappa shape index (κ2) is 8.31. The topological polar surface area (TPSA) is 93.5 Å². The van der Waals surface area contributed by atoms with Crippen LogP contribution in [0.1, 0.15) is 32.2 Å². The van der Waals surface area contributed by atoms with Gasteiger partial charge in [0.1, 0.15) is 17.3 Å². The first-order valence-corrected chi connectivity index (χ1v) is 9.68. The quantitative estimate of drug-likeness (QED) is 0.488. The highest BCUT2D eigenvalue weighted by Gasteiger charge is 2.17. The van der Waals surface area contributed by atoms with Crippen molar-refractivity contribution in [1.82, 2.24) is 15.8 Å². The fourth-order valence-corrected chi connectivity index (χ4v) is 3.38. The average Bonchev–Trinajstić information content (AvgIpc) is 3.14. The first kappa shape index (κ1) is 20.2. The third kappa shape index (κ3) is 4.11. The fourth-order valence-electron chi connectivity index (χ4n) is 3.38. The smallest absolute Gasteiger partial charge is 0.273 e. The molecule has 2 aromatic heterocycles. The van der Waals surface area contributed by atoms with Crippen LogP contribution in [0.15, 0.2) is 65.1 Å². The Kier molecular flexibility index (Phi) is 5.41. The summed E-state index contributed by atoms with van der Waals surface area (Å²) in [5.74, 6) is 0.949. The van der Waals surface area contributed by atoms with Gasteiger partial charge < -0.3 is 9.15 Å². The number of hydrogen-bond acceptors (Lipinski definition) is 5. The number of furan rings is 1. The lowest BCUT2D eigenvalue weighted by Crippen LogP contribution is -2.41. The summed E-state index contributed by atoms with van der Waals surface area (Å²) in [6, 6.07) is 18.1. The zero-order valence-corrected chi connectivity index (χ0v) is 17.4. The minimum Gasteiger partial charge on any atom is -0.497 e. The predicted molar refractivity (Wildman–Crippen MR) is 117 cm³/mol. The number of benzene rings is 2. The molecular weight excluding hydrogens is 394 g/mol. The molecule has 0 fully saturated rings. The number of methoxy groups -OCH3 is 1. The highest BCUT2D eigenvalue weighted by atomic mass is 16.5. The Bertz CT molecular complexity index is 1280. The van der Waals surface area contributed by atoms with Crippen molar-refractivity contribution in [2.45, 2.75) is 13.8 Å². The molecule has 0 aliphatic carbocycles. The van der Waals surface area contributed by atoms with Crippen LogP contribution in [0.4, 0.5) is 0 Å². The first-order chi connectivity index (χ1) is 15.0. The van der Waals surface area contributed by atoms with Crippen molar-refractivity contribution >= 4 is 22.7 Å². The minimum atomic E-state index is -0.448. The van der Waals surface area contributed by atoms with Crippen LogP contribution in [0, 0.1) is 13.8 Å². The number of hydrogen-bond donors (Lipinski definition) is 2. The summed E-state index contributed by atoms with van der Waals surface area (Å²) in [7, 11) is 1.60. The van der Waals surface area contributed by atoms with Gasteiger partial charge in [-0.15, -0.1) is 0 Å². The monoisotopic (exact) mass is 415 g/mol. The lowest BCUT2D eigenvalue weighted by molar-refractivity contribution is 0.0846. The summed E-state index contributed by atoms with van der Waals surface area (Å²) in [6.07, 6.45) is 0. The molecule has 7 heteroatoms. The fraction of sp³-hybridized carbons (Fsp3) is 0.125. The molecule has 0 unspecified atom stereocenters. The predicted octanol–water partition coefficient (Wildman–Crippen LogP) is 4.20. The van der Waals surface area contributed by atoms with E-state index in [9.17, 15) is 9.59 Å². The third-order valence-corrected chi connectivity index (χ3v) is 4.92. The maximum atomic E-state index is 13.0. The van der Waals surface area contributed by atoms with Gasteiger partial charge in [-0.2, -0.15) is 0 Å². The second-order valence-electron chi connectivity index (χ2n) is 7.04. The van der Waals surface area contributed by atoms with E-state index in [4.69, 9.17) is 9.15 Å². The van der Waals surface area contributed by atoms with Crippen LogP contribution in [0.25, 0.3) is 22.2 Å². The lowest BCUT2D eigenvalue weighted by Gasteiger charge is -2.11. The van der Waals surface area contributed by atoms with Crippen molar-refractivity contribution in [3.63, 3.8) is 0 Å². The molecule has 0 atom stereocenters. The summed E-state index contributed by atoms with van der Waals surface area (Å²) in [5, 5.41) is 0.682. The normalized spacial score (nSPS) is 10.7. The maximum absolute atomic E-state index is 13.0. The SMILES string of the molecule is COc1ccc(-c2cc(C(=O)NNC(=O)c3cc(C)oc3C)c3ccccc3n2)cc1. The molecule has 2 amide bonds. The molecule has 4 rings (SSSR count). The van der Waals surface area contributed by atoms with Crippen molar-refractivity contribution < 1.29 is 18.7 Å². The first-order valence-electron chi connectivity index (χ1n) is 9.68. The van der Waals surface area contributed by atoms with Gasteiger partial charge >= 0.3 is 0 Å². The molecule has 0 aliphatic rings. The van der Waals surface area contributed by atoms with E-state index in [1.54, 1.807) is 33.1 Å². The van der Waals surface area contributed by atoms with E-state index >= 15 is 0 Å². The van der Waals surface area contributed by atoms with E-state index < -0.39 is 11.8 Å². The summed E-state index contributed by atoms with van der Waals surface area (Å²) in [5.41, 5.74) is 7.88. The molecule has 7 nitrogen and oxygen atoms in total. The van der Waals surface area contributed by atoms with Gasteiger partial charge in [0.15, 0.2) is 0 Å². The number of aromatic nitrogens is 1. The number of nitrogens with zero attached hydrogens (tertiary/aromatic N) is 1. The van der Waals surface area contributed by atoms with Crippen molar-refractivity contribution in [3.05, 3.63) is 83.3 Å². The van der Waals surface area contributed by atoms with E-state index in [1.165, 1.54) is 0 Å². The number of nitrogens with one attached hydrogen (secondary N) is 2. The number of amides is 2. The number of hydrazine groups is 1. The molecule has 0 bridgehead atoms. The zero-order valence-electron chi connectivity index (χ0n) is 17.4. The molecule has 156 valence electrons. The molecule has 4 aromatic rings. The number of pyridine rings is 1. The Morgan fingerprint density at radius 2 is 1.58 bits per heavy atom. The molecule has 31 heavy (non-hydrogen) atoms. The second-order valence-corrected chi connectivity index (χ2v) is 7.04.